The van der Waals surface area contributed by atoms with Gasteiger partial charge >= 0.3 is 0 Å². The van der Waals surface area contributed by atoms with Crippen molar-refractivity contribution in [1.82, 2.24) is 4.57 Å². The molecule has 1 fully saturated rings. The monoisotopic (exact) mass is 265 g/mol. The lowest BCUT2D eigenvalue weighted by Gasteiger charge is -2.46. The number of benzene rings is 1. The molecule has 0 radical (unpaired) electrons. The molecule has 1 aliphatic rings. The van der Waals surface area contributed by atoms with Crippen LogP contribution in [0.5, 0.6) is 0 Å². The lowest BCUT2D eigenvalue weighted by Crippen LogP contribution is -2.62. The molecule has 1 saturated heterocycles. The zero-order chi connectivity index (χ0) is 12.5. The van der Waals surface area contributed by atoms with Crippen molar-refractivity contribution in [2.45, 2.75) is 39.1 Å². The highest BCUT2D eigenvalue weighted by molar-refractivity contribution is 7.19. The molecular formula is C13H23NOSi2. The van der Waals surface area contributed by atoms with Crippen LogP contribution in [0.25, 0.3) is 0 Å². The third kappa shape index (κ3) is 3.77. The molecule has 2 rings (SSSR count). The maximum absolute atomic E-state index is 6.29. The lowest BCUT2D eigenvalue weighted by molar-refractivity contribution is 0.0671. The van der Waals surface area contributed by atoms with E-state index in [2.05, 4.69) is 61.8 Å². The van der Waals surface area contributed by atoms with E-state index in [-0.39, 0.29) is 14.8 Å². The highest BCUT2D eigenvalue weighted by Gasteiger charge is 2.39. The third-order valence-electron chi connectivity index (χ3n) is 3.01. The average molecular weight is 266 g/mol. The van der Waals surface area contributed by atoms with Crippen LogP contribution in [0.1, 0.15) is 19.4 Å². The van der Waals surface area contributed by atoms with Gasteiger partial charge in [0.25, 0.3) is 0 Å². The van der Waals surface area contributed by atoms with Gasteiger partial charge < -0.3 is 8.99 Å². The van der Waals surface area contributed by atoms with E-state index in [1.807, 2.05) is 0 Å². The highest BCUT2D eigenvalue weighted by atomic mass is 29.2. The highest BCUT2D eigenvalue weighted by Crippen LogP contribution is 2.25. The Labute approximate surface area is 108 Å². The van der Waals surface area contributed by atoms with E-state index in [1.54, 1.807) is 0 Å². The molecule has 17 heavy (non-hydrogen) atoms. The van der Waals surface area contributed by atoms with Crippen molar-refractivity contribution < 1.29 is 4.43 Å². The van der Waals surface area contributed by atoms with Gasteiger partial charge in [0, 0.05) is 13.1 Å². The molecule has 0 N–H and O–H groups in total. The maximum Gasteiger partial charge on any atom is 0.184 e. The summed E-state index contributed by atoms with van der Waals surface area (Å²) in [5.41, 5.74) is 1.47. The lowest BCUT2D eigenvalue weighted by atomic mass is 10.1. The van der Waals surface area contributed by atoms with Gasteiger partial charge in [-0.15, -0.1) is 0 Å². The summed E-state index contributed by atoms with van der Waals surface area (Å²) in [7, 11) is -1.59. The summed E-state index contributed by atoms with van der Waals surface area (Å²) in [5, 5.41) is 0. The standard InChI is InChI=1S/C13H23NOSi2/c1-13(2)11-14(16-17(3,4)15-13)10-12-8-6-5-7-9-12/h5-9H,10-11,16H2,1-4H3. The van der Waals surface area contributed by atoms with E-state index in [0.717, 1.165) is 13.1 Å². The zero-order valence-electron chi connectivity index (χ0n) is 11.4. The second kappa shape index (κ2) is 4.68. The molecule has 0 aliphatic carbocycles. The van der Waals surface area contributed by atoms with Crippen LogP contribution in [0, 0.1) is 0 Å². The van der Waals surface area contributed by atoms with E-state index in [4.69, 9.17) is 4.43 Å². The SMILES string of the molecule is CC1(C)CN(Cc2ccccc2)[SiH2][Si](C)(C)O1. The van der Waals surface area contributed by atoms with Gasteiger partial charge in [0.1, 0.15) is 9.20 Å². The summed E-state index contributed by atoms with van der Waals surface area (Å²) in [5.74, 6) is 0. The molecule has 94 valence electrons. The van der Waals surface area contributed by atoms with Gasteiger partial charge in [-0.3, -0.25) is 0 Å². The number of hydrogen-bond acceptors (Lipinski definition) is 2. The number of nitrogens with zero attached hydrogens (tertiary/aromatic N) is 1. The van der Waals surface area contributed by atoms with Gasteiger partial charge in [-0.05, 0) is 32.5 Å². The maximum atomic E-state index is 6.29. The Bertz CT molecular complexity index is 362. The van der Waals surface area contributed by atoms with Crippen LogP contribution in [-0.4, -0.2) is 33.7 Å². The predicted octanol–water partition coefficient (Wildman–Crippen LogP) is 2.08. The minimum absolute atomic E-state index is 0.0375. The van der Waals surface area contributed by atoms with Crippen LogP contribution in [0.15, 0.2) is 30.3 Å². The van der Waals surface area contributed by atoms with Crippen molar-refractivity contribution in [3.05, 3.63) is 35.9 Å². The van der Waals surface area contributed by atoms with Crippen molar-refractivity contribution in [2.24, 2.45) is 0 Å². The molecule has 0 aromatic heterocycles. The molecular weight excluding hydrogens is 242 g/mol. The van der Waals surface area contributed by atoms with Crippen molar-refractivity contribution >= 4 is 17.0 Å². The summed E-state index contributed by atoms with van der Waals surface area (Å²) in [6.45, 7) is 11.4. The molecule has 0 atom stereocenters. The molecule has 2 nitrogen and oxygen atoms in total. The van der Waals surface area contributed by atoms with Crippen LogP contribution >= 0.6 is 0 Å². The molecule has 0 unspecified atom stereocenters. The average Bonchev–Trinajstić information content (AvgIpc) is 2.13. The van der Waals surface area contributed by atoms with E-state index >= 15 is 0 Å². The van der Waals surface area contributed by atoms with Gasteiger partial charge in [0.15, 0.2) is 7.83 Å². The molecule has 0 amide bonds. The minimum atomic E-state index is -1.38. The Morgan fingerprint density at radius 2 is 1.94 bits per heavy atom. The van der Waals surface area contributed by atoms with Crippen molar-refractivity contribution in [3.63, 3.8) is 0 Å². The quantitative estimate of drug-likeness (QED) is 0.759. The molecule has 1 aromatic rings. The Morgan fingerprint density at radius 3 is 2.53 bits per heavy atom. The minimum Gasteiger partial charge on any atom is -0.413 e. The van der Waals surface area contributed by atoms with Gasteiger partial charge in [0.05, 0.1) is 5.60 Å². The smallest absolute Gasteiger partial charge is 0.184 e. The topological polar surface area (TPSA) is 12.5 Å². The van der Waals surface area contributed by atoms with E-state index in [1.165, 1.54) is 5.56 Å². The van der Waals surface area contributed by atoms with Crippen molar-refractivity contribution in [3.8, 4) is 0 Å². The van der Waals surface area contributed by atoms with Crippen LogP contribution in [-0.2, 0) is 11.0 Å². The fourth-order valence-electron chi connectivity index (χ4n) is 2.90. The Hall–Kier alpha value is -0.426. The van der Waals surface area contributed by atoms with Crippen molar-refractivity contribution in [2.75, 3.05) is 6.54 Å². The predicted molar refractivity (Wildman–Crippen MR) is 78.0 cm³/mol. The van der Waals surface area contributed by atoms with Crippen molar-refractivity contribution in [1.29, 1.82) is 0 Å². The van der Waals surface area contributed by atoms with E-state index in [0.29, 0.717) is 0 Å². The number of rotatable bonds is 2. The second-order valence-corrected chi connectivity index (χ2v) is 17.2. The first-order chi connectivity index (χ1) is 7.86. The van der Waals surface area contributed by atoms with Crippen LogP contribution in [0.2, 0.25) is 13.1 Å². The normalized spacial score (nSPS) is 24.9. The summed E-state index contributed by atoms with van der Waals surface area (Å²) >= 11 is 0. The third-order valence-corrected chi connectivity index (χ3v) is 9.83. The van der Waals surface area contributed by atoms with Gasteiger partial charge in [0.2, 0.25) is 0 Å². The Morgan fingerprint density at radius 1 is 1.29 bits per heavy atom. The van der Waals surface area contributed by atoms with Gasteiger partial charge in [-0.1, -0.05) is 30.3 Å². The first-order valence-corrected chi connectivity index (χ1v) is 12.2. The van der Waals surface area contributed by atoms with Gasteiger partial charge in [-0.25, -0.2) is 0 Å². The molecule has 1 aromatic carbocycles. The largest absolute Gasteiger partial charge is 0.413 e. The molecule has 4 heteroatoms. The molecule has 1 heterocycles. The van der Waals surface area contributed by atoms with E-state index in [9.17, 15) is 0 Å². The summed E-state index contributed by atoms with van der Waals surface area (Å²) in [6, 6.07) is 10.8. The fraction of sp³-hybridized carbons (Fsp3) is 0.538. The van der Waals surface area contributed by atoms with Gasteiger partial charge in [-0.2, -0.15) is 0 Å². The summed E-state index contributed by atoms with van der Waals surface area (Å²) in [4.78, 5) is 0. The summed E-state index contributed by atoms with van der Waals surface area (Å²) in [6.07, 6.45) is 0. The molecule has 0 spiro atoms. The van der Waals surface area contributed by atoms with Crippen LogP contribution < -0.4 is 0 Å². The van der Waals surface area contributed by atoms with E-state index < -0.39 is 7.83 Å². The van der Waals surface area contributed by atoms with Crippen LogP contribution in [0.3, 0.4) is 0 Å². The number of hydrogen-bond donors (Lipinski definition) is 0. The second-order valence-electron chi connectivity index (χ2n) is 6.25. The van der Waals surface area contributed by atoms with Crippen LogP contribution in [0.4, 0.5) is 0 Å². The Kier molecular flexibility index (Phi) is 3.59. The molecule has 0 saturated carbocycles. The Balaban J connectivity index is 2.06. The zero-order valence-corrected chi connectivity index (χ0v) is 13.8. The summed E-state index contributed by atoms with van der Waals surface area (Å²) < 4.78 is 8.97. The molecule has 0 bridgehead atoms. The first kappa shape index (κ1) is 13.0. The molecule has 1 aliphatic heterocycles. The fourth-order valence-corrected chi connectivity index (χ4v) is 11.9. The first-order valence-electron chi connectivity index (χ1n) is 6.33.